The van der Waals surface area contributed by atoms with Gasteiger partial charge in [-0.1, -0.05) is 53.7 Å². The Morgan fingerprint density at radius 2 is 1.96 bits per heavy atom. The molecule has 0 saturated carbocycles. The zero-order chi connectivity index (χ0) is 18.2. The van der Waals surface area contributed by atoms with E-state index in [0.717, 1.165) is 29.7 Å². The summed E-state index contributed by atoms with van der Waals surface area (Å²) in [5.74, 6) is 1.81. The Balaban J connectivity index is 1.41. The summed E-state index contributed by atoms with van der Waals surface area (Å²) in [5, 5.41) is 15.7. The molecule has 1 N–H and O–H groups in total. The summed E-state index contributed by atoms with van der Waals surface area (Å²) >= 11 is 1.64. The number of nitrogens with zero attached hydrogens (tertiary/aromatic N) is 4. The molecule has 0 aliphatic heterocycles. The maximum Gasteiger partial charge on any atom is 0.209 e. The number of aromatic nitrogens is 4. The van der Waals surface area contributed by atoms with E-state index in [1.165, 1.54) is 16.7 Å². The van der Waals surface area contributed by atoms with Crippen molar-refractivity contribution in [2.75, 3.05) is 12.3 Å². The summed E-state index contributed by atoms with van der Waals surface area (Å²) in [6.07, 6.45) is 0. The van der Waals surface area contributed by atoms with E-state index in [9.17, 15) is 0 Å². The van der Waals surface area contributed by atoms with Gasteiger partial charge in [0.2, 0.25) is 5.16 Å². The van der Waals surface area contributed by atoms with Crippen molar-refractivity contribution in [3.05, 3.63) is 65.2 Å². The molecular formula is C19H23N5OS. The Bertz CT molecular complexity index is 836. The second-order valence-electron chi connectivity index (χ2n) is 6.04. The van der Waals surface area contributed by atoms with Crippen LogP contribution >= 0.6 is 11.8 Å². The molecule has 6 nitrogen and oxygen atoms in total. The number of aryl methyl sites for hydroxylation is 2. The van der Waals surface area contributed by atoms with Gasteiger partial charge in [-0.3, -0.25) is 0 Å². The summed E-state index contributed by atoms with van der Waals surface area (Å²) in [6.45, 7) is 4.36. The number of benzene rings is 2. The molecule has 7 heteroatoms. The molecule has 1 aromatic heterocycles. The summed E-state index contributed by atoms with van der Waals surface area (Å²) in [7, 11) is 1.85. The Morgan fingerprint density at radius 3 is 2.77 bits per heavy atom. The van der Waals surface area contributed by atoms with Crippen molar-refractivity contribution in [2.45, 2.75) is 25.2 Å². The molecule has 0 spiro atoms. The third kappa shape index (κ3) is 5.57. The highest BCUT2D eigenvalue weighted by Gasteiger charge is 2.02. The highest BCUT2D eigenvalue weighted by Crippen LogP contribution is 2.16. The maximum atomic E-state index is 5.92. The van der Waals surface area contributed by atoms with Gasteiger partial charge in [-0.15, -0.1) is 5.10 Å². The minimum Gasteiger partial charge on any atom is -0.489 e. The minimum absolute atomic E-state index is 0.584. The number of hydrogen-bond acceptors (Lipinski definition) is 6. The lowest BCUT2D eigenvalue weighted by atomic mass is 10.1. The molecule has 2 aromatic carbocycles. The van der Waals surface area contributed by atoms with Gasteiger partial charge in [0, 0.05) is 25.9 Å². The van der Waals surface area contributed by atoms with E-state index in [1.54, 1.807) is 16.4 Å². The van der Waals surface area contributed by atoms with Crippen molar-refractivity contribution in [1.82, 2.24) is 25.5 Å². The van der Waals surface area contributed by atoms with Crippen LogP contribution in [0.1, 0.15) is 16.7 Å². The summed E-state index contributed by atoms with van der Waals surface area (Å²) in [5.41, 5.74) is 3.64. The monoisotopic (exact) mass is 369 g/mol. The number of ether oxygens (including phenoxy) is 1. The van der Waals surface area contributed by atoms with Crippen molar-refractivity contribution in [1.29, 1.82) is 0 Å². The zero-order valence-corrected chi connectivity index (χ0v) is 15.9. The number of nitrogens with one attached hydrogen (secondary N) is 1. The van der Waals surface area contributed by atoms with Gasteiger partial charge >= 0.3 is 0 Å². The van der Waals surface area contributed by atoms with Gasteiger partial charge in [-0.05, 0) is 40.6 Å². The van der Waals surface area contributed by atoms with Crippen molar-refractivity contribution < 1.29 is 4.74 Å². The molecule has 1 heterocycles. The Hall–Kier alpha value is -2.38. The first-order valence-corrected chi connectivity index (χ1v) is 9.52. The van der Waals surface area contributed by atoms with Crippen LogP contribution in [0.4, 0.5) is 0 Å². The Morgan fingerprint density at radius 1 is 1.12 bits per heavy atom. The summed E-state index contributed by atoms with van der Waals surface area (Å²) < 4.78 is 7.60. The second kappa shape index (κ2) is 9.35. The SMILES string of the molecule is Cc1cccc(COc2cccc(CNCCSc3nnnn3C)c2)c1. The number of thioether (sulfide) groups is 1. The number of rotatable bonds is 9. The van der Waals surface area contributed by atoms with E-state index >= 15 is 0 Å². The Kier molecular flexibility index (Phi) is 6.62. The minimum atomic E-state index is 0.584. The lowest BCUT2D eigenvalue weighted by Gasteiger charge is -2.09. The first-order valence-electron chi connectivity index (χ1n) is 8.54. The van der Waals surface area contributed by atoms with E-state index in [-0.39, 0.29) is 0 Å². The summed E-state index contributed by atoms with van der Waals surface area (Å²) in [6, 6.07) is 16.6. The van der Waals surface area contributed by atoms with Crippen LogP contribution in [-0.4, -0.2) is 32.5 Å². The zero-order valence-electron chi connectivity index (χ0n) is 15.1. The lowest BCUT2D eigenvalue weighted by Crippen LogP contribution is -2.16. The fourth-order valence-corrected chi connectivity index (χ4v) is 3.25. The molecule has 3 rings (SSSR count). The van der Waals surface area contributed by atoms with Crippen LogP contribution in [-0.2, 0) is 20.2 Å². The van der Waals surface area contributed by atoms with Gasteiger partial charge in [0.05, 0.1) is 0 Å². The van der Waals surface area contributed by atoms with Crippen LogP contribution in [0.2, 0.25) is 0 Å². The van der Waals surface area contributed by atoms with Crippen molar-refractivity contribution in [3.63, 3.8) is 0 Å². The van der Waals surface area contributed by atoms with E-state index in [4.69, 9.17) is 4.74 Å². The normalized spacial score (nSPS) is 10.8. The summed E-state index contributed by atoms with van der Waals surface area (Å²) in [4.78, 5) is 0. The molecule has 0 fully saturated rings. The van der Waals surface area contributed by atoms with E-state index in [1.807, 2.05) is 19.2 Å². The molecule has 0 aliphatic rings. The quantitative estimate of drug-likeness (QED) is 0.462. The molecule has 26 heavy (non-hydrogen) atoms. The molecule has 0 aliphatic carbocycles. The van der Waals surface area contributed by atoms with Gasteiger partial charge in [-0.2, -0.15) is 0 Å². The molecular weight excluding hydrogens is 346 g/mol. The maximum absolute atomic E-state index is 5.92. The van der Waals surface area contributed by atoms with Gasteiger partial charge in [0.15, 0.2) is 0 Å². The van der Waals surface area contributed by atoms with Gasteiger partial charge in [0.25, 0.3) is 0 Å². The van der Waals surface area contributed by atoms with Crippen LogP contribution < -0.4 is 10.1 Å². The number of tetrazole rings is 1. The van der Waals surface area contributed by atoms with Crippen LogP contribution in [0.15, 0.2) is 53.7 Å². The van der Waals surface area contributed by atoms with Crippen LogP contribution in [0.25, 0.3) is 0 Å². The fraction of sp³-hybridized carbons (Fsp3) is 0.316. The van der Waals surface area contributed by atoms with E-state index < -0.39 is 0 Å². The highest BCUT2D eigenvalue weighted by molar-refractivity contribution is 7.99. The number of hydrogen-bond donors (Lipinski definition) is 1. The van der Waals surface area contributed by atoms with Crippen molar-refractivity contribution in [2.24, 2.45) is 7.05 Å². The standard InChI is InChI=1S/C19H23N5OS/c1-15-5-3-7-17(11-15)14-25-18-8-4-6-16(12-18)13-20-9-10-26-19-21-22-23-24(19)2/h3-8,11-12,20H,9-10,13-14H2,1-2H3. The van der Waals surface area contributed by atoms with Crippen LogP contribution in [0, 0.1) is 6.92 Å². The molecule has 0 amide bonds. The highest BCUT2D eigenvalue weighted by atomic mass is 32.2. The molecule has 136 valence electrons. The van der Waals surface area contributed by atoms with Gasteiger partial charge < -0.3 is 10.1 Å². The molecule has 0 radical (unpaired) electrons. The van der Waals surface area contributed by atoms with Crippen LogP contribution in [0.5, 0.6) is 5.75 Å². The molecule has 0 atom stereocenters. The van der Waals surface area contributed by atoms with Crippen molar-refractivity contribution in [3.8, 4) is 5.75 Å². The fourth-order valence-electron chi connectivity index (χ4n) is 2.50. The molecule has 0 saturated heterocycles. The van der Waals surface area contributed by atoms with Crippen LogP contribution in [0.3, 0.4) is 0 Å². The second-order valence-corrected chi connectivity index (χ2v) is 7.10. The van der Waals surface area contributed by atoms with Crippen molar-refractivity contribution >= 4 is 11.8 Å². The lowest BCUT2D eigenvalue weighted by molar-refractivity contribution is 0.306. The topological polar surface area (TPSA) is 64.9 Å². The molecule has 0 bridgehead atoms. The van der Waals surface area contributed by atoms with Gasteiger partial charge in [-0.25, -0.2) is 4.68 Å². The Labute approximate surface area is 158 Å². The smallest absolute Gasteiger partial charge is 0.209 e. The van der Waals surface area contributed by atoms with E-state index in [2.05, 4.69) is 64.2 Å². The molecule has 0 unspecified atom stereocenters. The first kappa shape index (κ1) is 18.4. The van der Waals surface area contributed by atoms with E-state index in [0.29, 0.717) is 6.61 Å². The average Bonchev–Trinajstić information content (AvgIpc) is 3.05. The van der Waals surface area contributed by atoms with Gasteiger partial charge in [0.1, 0.15) is 12.4 Å². The third-order valence-corrected chi connectivity index (χ3v) is 4.82. The third-order valence-electron chi connectivity index (χ3n) is 3.81. The molecule has 3 aromatic rings. The average molecular weight is 369 g/mol. The predicted octanol–water partition coefficient (Wildman–Crippen LogP) is 2.98. The first-order chi connectivity index (χ1) is 12.7. The largest absolute Gasteiger partial charge is 0.489 e. The predicted molar refractivity (Wildman–Crippen MR) is 103 cm³/mol.